The summed E-state index contributed by atoms with van der Waals surface area (Å²) in [5.74, 6) is -1.16. The van der Waals surface area contributed by atoms with Crippen molar-refractivity contribution in [1.82, 2.24) is 4.31 Å². The van der Waals surface area contributed by atoms with Crippen LogP contribution >= 0.6 is 0 Å². The minimum absolute atomic E-state index is 0.0677. The highest BCUT2D eigenvalue weighted by molar-refractivity contribution is 7.89. The highest BCUT2D eigenvalue weighted by Crippen LogP contribution is 2.32. The average molecular weight is 539 g/mol. The molecule has 4 aromatic rings. The fraction of sp³-hybridized carbons (Fsp3) is 0.129. The maximum absolute atomic E-state index is 13.4. The molecule has 0 unspecified atom stereocenters. The first-order chi connectivity index (χ1) is 18.7. The van der Waals surface area contributed by atoms with Crippen LogP contribution < -0.4 is 5.32 Å². The third-order valence-electron chi connectivity index (χ3n) is 6.68. The molecule has 39 heavy (non-hydrogen) atoms. The molecule has 196 valence electrons. The van der Waals surface area contributed by atoms with Crippen LogP contribution in [0.25, 0.3) is 0 Å². The van der Waals surface area contributed by atoms with Crippen molar-refractivity contribution in [3.63, 3.8) is 0 Å². The monoisotopic (exact) mass is 538 g/mol. The van der Waals surface area contributed by atoms with Crippen molar-refractivity contribution >= 4 is 33.2 Å². The van der Waals surface area contributed by atoms with Gasteiger partial charge in [-0.1, -0.05) is 66.7 Å². The summed E-state index contributed by atoms with van der Waals surface area (Å²) in [6.07, 6.45) is 0. The number of carbonyl (C=O) groups is 3. The van der Waals surface area contributed by atoms with Gasteiger partial charge in [-0.05, 0) is 49.7 Å². The number of fused-ring (bicyclic) bond motifs is 2. The number of hydrogen-bond donors (Lipinski definition) is 1. The second-order valence-electron chi connectivity index (χ2n) is 9.54. The Hall–Kier alpha value is -4.40. The first-order valence-corrected chi connectivity index (χ1v) is 13.9. The number of rotatable bonds is 7. The van der Waals surface area contributed by atoms with Gasteiger partial charge in [0.2, 0.25) is 10.0 Å². The molecule has 1 aliphatic carbocycles. The van der Waals surface area contributed by atoms with Crippen LogP contribution in [0.15, 0.2) is 102 Å². The molecule has 0 bridgehead atoms. The zero-order valence-corrected chi connectivity index (χ0v) is 22.2. The van der Waals surface area contributed by atoms with Crippen molar-refractivity contribution in [3.8, 4) is 0 Å². The van der Waals surface area contributed by atoms with Crippen molar-refractivity contribution in [2.75, 3.05) is 5.32 Å². The molecule has 1 aliphatic rings. The maximum atomic E-state index is 13.4. The van der Waals surface area contributed by atoms with E-state index < -0.39 is 15.9 Å². The van der Waals surface area contributed by atoms with E-state index in [2.05, 4.69) is 5.32 Å². The number of carbonyl (C=O) groups excluding carboxylic acids is 3. The Labute approximate surface area is 227 Å². The van der Waals surface area contributed by atoms with Crippen molar-refractivity contribution in [2.24, 2.45) is 0 Å². The maximum Gasteiger partial charge on any atom is 0.255 e. The van der Waals surface area contributed by atoms with Crippen LogP contribution in [0.5, 0.6) is 0 Å². The Balaban J connectivity index is 1.39. The van der Waals surface area contributed by atoms with Gasteiger partial charge in [0.15, 0.2) is 11.6 Å². The molecule has 1 N–H and O–H groups in total. The summed E-state index contributed by atoms with van der Waals surface area (Å²) in [6.45, 7) is 3.85. The molecule has 0 fully saturated rings. The van der Waals surface area contributed by atoms with E-state index in [1.165, 1.54) is 28.6 Å². The standard InChI is InChI=1S/C31H26N2O5S/c1-20(2)33(19-21-9-4-3-5-10-21)39(37,38)23-17-15-22(16-18-23)31(36)32-27-14-8-13-26-28(27)30(35)25-12-7-6-11-24(25)29(26)34/h3-18,20H,19H2,1-2H3,(H,32,36). The lowest BCUT2D eigenvalue weighted by Crippen LogP contribution is -2.36. The van der Waals surface area contributed by atoms with Gasteiger partial charge in [0, 0.05) is 34.8 Å². The minimum atomic E-state index is -3.83. The van der Waals surface area contributed by atoms with Crippen LogP contribution in [-0.2, 0) is 16.6 Å². The molecule has 0 saturated carbocycles. The first kappa shape index (κ1) is 26.2. The Morgan fingerprint density at radius 2 is 1.33 bits per heavy atom. The molecule has 0 spiro atoms. The van der Waals surface area contributed by atoms with E-state index >= 15 is 0 Å². The lowest BCUT2D eigenvalue weighted by atomic mass is 9.83. The molecular formula is C31H26N2O5S. The predicted octanol–water partition coefficient (Wildman–Crippen LogP) is 5.31. The van der Waals surface area contributed by atoms with Gasteiger partial charge in [-0.3, -0.25) is 14.4 Å². The molecule has 0 saturated heterocycles. The second kappa shape index (κ2) is 10.4. The number of anilines is 1. The molecule has 0 aromatic heterocycles. The minimum Gasteiger partial charge on any atom is -0.321 e. The summed E-state index contributed by atoms with van der Waals surface area (Å²) in [5.41, 5.74) is 2.28. The molecule has 8 heteroatoms. The van der Waals surface area contributed by atoms with E-state index in [-0.39, 0.29) is 57.0 Å². The fourth-order valence-electron chi connectivity index (χ4n) is 4.67. The number of nitrogens with zero attached hydrogens (tertiary/aromatic N) is 1. The van der Waals surface area contributed by atoms with Crippen molar-refractivity contribution < 1.29 is 22.8 Å². The fourth-order valence-corrected chi connectivity index (χ4v) is 6.29. The van der Waals surface area contributed by atoms with E-state index in [4.69, 9.17) is 0 Å². The van der Waals surface area contributed by atoms with E-state index in [0.29, 0.717) is 5.56 Å². The molecule has 0 aliphatic heterocycles. The highest BCUT2D eigenvalue weighted by Gasteiger charge is 2.32. The normalized spacial score (nSPS) is 12.8. The van der Waals surface area contributed by atoms with Crippen LogP contribution in [0, 0.1) is 0 Å². The Morgan fingerprint density at radius 1 is 0.744 bits per heavy atom. The smallest absolute Gasteiger partial charge is 0.255 e. The van der Waals surface area contributed by atoms with Crippen LogP contribution in [0.2, 0.25) is 0 Å². The molecule has 7 nitrogen and oxygen atoms in total. The Kier molecular flexibility index (Phi) is 6.99. The first-order valence-electron chi connectivity index (χ1n) is 12.5. The molecular weight excluding hydrogens is 512 g/mol. The molecule has 0 heterocycles. The molecule has 0 atom stereocenters. The van der Waals surface area contributed by atoms with Gasteiger partial charge >= 0.3 is 0 Å². The van der Waals surface area contributed by atoms with Crippen LogP contribution in [-0.4, -0.2) is 36.2 Å². The second-order valence-corrected chi connectivity index (χ2v) is 11.4. The van der Waals surface area contributed by atoms with Gasteiger partial charge < -0.3 is 5.32 Å². The van der Waals surface area contributed by atoms with Gasteiger partial charge in [-0.25, -0.2) is 8.42 Å². The number of amides is 1. The number of nitrogens with one attached hydrogen (secondary N) is 1. The number of benzene rings is 4. The van der Waals surface area contributed by atoms with E-state index in [1.54, 1.807) is 42.5 Å². The Bertz CT molecular complexity index is 1690. The summed E-state index contributed by atoms with van der Waals surface area (Å²) in [6, 6.07) is 26.0. The van der Waals surface area contributed by atoms with E-state index in [0.717, 1.165) is 5.56 Å². The SMILES string of the molecule is CC(C)N(Cc1ccccc1)S(=O)(=O)c1ccc(C(=O)Nc2cccc3c2C(=O)c2ccccc2C3=O)cc1. The zero-order valence-electron chi connectivity index (χ0n) is 21.4. The van der Waals surface area contributed by atoms with E-state index in [1.807, 2.05) is 44.2 Å². The topological polar surface area (TPSA) is 101 Å². The van der Waals surface area contributed by atoms with Crippen molar-refractivity contribution in [1.29, 1.82) is 0 Å². The summed E-state index contributed by atoms with van der Waals surface area (Å²) in [5, 5.41) is 2.73. The summed E-state index contributed by atoms with van der Waals surface area (Å²) < 4.78 is 28.3. The summed E-state index contributed by atoms with van der Waals surface area (Å²) >= 11 is 0. The zero-order chi connectivity index (χ0) is 27.7. The quantitative estimate of drug-likeness (QED) is 0.303. The third-order valence-corrected chi connectivity index (χ3v) is 8.72. The number of sulfonamides is 1. The van der Waals surface area contributed by atoms with Crippen LogP contribution in [0.3, 0.4) is 0 Å². The summed E-state index contributed by atoms with van der Waals surface area (Å²) in [7, 11) is -3.83. The summed E-state index contributed by atoms with van der Waals surface area (Å²) in [4.78, 5) is 39.4. The number of ketones is 2. The van der Waals surface area contributed by atoms with Crippen LogP contribution in [0.1, 0.15) is 61.6 Å². The lowest BCUT2D eigenvalue weighted by molar-refractivity contribution is 0.0978. The molecule has 0 radical (unpaired) electrons. The molecule has 5 rings (SSSR count). The Morgan fingerprint density at radius 3 is 1.97 bits per heavy atom. The number of hydrogen-bond acceptors (Lipinski definition) is 5. The lowest BCUT2D eigenvalue weighted by Gasteiger charge is -2.26. The predicted molar refractivity (Wildman–Crippen MR) is 148 cm³/mol. The largest absolute Gasteiger partial charge is 0.321 e. The van der Waals surface area contributed by atoms with E-state index in [9.17, 15) is 22.8 Å². The van der Waals surface area contributed by atoms with Gasteiger partial charge in [-0.2, -0.15) is 4.31 Å². The van der Waals surface area contributed by atoms with Gasteiger partial charge in [-0.15, -0.1) is 0 Å². The molecule has 1 amide bonds. The van der Waals surface area contributed by atoms with Crippen LogP contribution in [0.4, 0.5) is 5.69 Å². The van der Waals surface area contributed by atoms with Gasteiger partial charge in [0.05, 0.1) is 16.1 Å². The van der Waals surface area contributed by atoms with Gasteiger partial charge in [0.25, 0.3) is 5.91 Å². The van der Waals surface area contributed by atoms with Crippen molar-refractivity contribution in [2.45, 2.75) is 31.3 Å². The molecule has 4 aromatic carbocycles. The average Bonchev–Trinajstić information content (AvgIpc) is 2.95. The highest BCUT2D eigenvalue weighted by atomic mass is 32.2. The van der Waals surface area contributed by atoms with Crippen molar-refractivity contribution in [3.05, 3.63) is 130 Å². The van der Waals surface area contributed by atoms with Gasteiger partial charge in [0.1, 0.15) is 0 Å². The third kappa shape index (κ3) is 4.92.